The second-order valence-corrected chi connectivity index (χ2v) is 10.0. The first-order valence-corrected chi connectivity index (χ1v) is 14.2. The monoisotopic (exact) mass is 529 g/mol. The van der Waals surface area contributed by atoms with Crippen molar-refractivity contribution < 1.29 is 14.7 Å². The summed E-state index contributed by atoms with van der Waals surface area (Å²) >= 11 is 0. The van der Waals surface area contributed by atoms with Crippen LogP contribution in [0, 0.1) is 0 Å². The van der Waals surface area contributed by atoms with E-state index in [2.05, 4.69) is 36.6 Å². The van der Waals surface area contributed by atoms with Crippen LogP contribution in [0.3, 0.4) is 0 Å². The van der Waals surface area contributed by atoms with Gasteiger partial charge in [0.25, 0.3) is 11.8 Å². The largest absolute Gasteiger partial charge is 0.390 e. The zero-order valence-electron chi connectivity index (χ0n) is 23.3. The third-order valence-electron chi connectivity index (χ3n) is 6.74. The molecule has 0 unspecified atom stereocenters. The van der Waals surface area contributed by atoms with E-state index in [0.717, 1.165) is 37.8 Å². The molecule has 3 aromatic rings. The van der Waals surface area contributed by atoms with Crippen molar-refractivity contribution in [3.8, 4) is 0 Å². The van der Waals surface area contributed by atoms with Crippen LogP contribution in [0.25, 0.3) is 0 Å². The van der Waals surface area contributed by atoms with Gasteiger partial charge in [-0.1, -0.05) is 80.6 Å². The Morgan fingerprint density at radius 3 is 2.08 bits per heavy atom. The zero-order chi connectivity index (χ0) is 27.9. The number of hydrogen-bond acceptors (Lipinski definition) is 4. The molecule has 0 aliphatic rings. The van der Waals surface area contributed by atoms with Crippen molar-refractivity contribution in [2.45, 2.75) is 58.1 Å². The van der Waals surface area contributed by atoms with E-state index in [1.807, 2.05) is 53.4 Å². The van der Waals surface area contributed by atoms with E-state index in [1.165, 1.54) is 5.56 Å². The molecule has 6 heteroatoms. The molecular weight excluding hydrogens is 486 g/mol. The summed E-state index contributed by atoms with van der Waals surface area (Å²) < 4.78 is 0. The Morgan fingerprint density at radius 1 is 0.821 bits per heavy atom. The van der Waals surface area contributed by atoms with E-state index >= 15 is 0 Å². The van der Waals surface area contributed by atoms with Gasteiger partial charge in [-0.2, -0.15) is 0 Å². The van der Waals surface area contributed by atoms with E-state index < -0.39 is 12.1 Å². The summed E-state index contributed by atoms with van der Waals surface area (Å²) in [5, 5.41) is 17.5. The molecule has 2 atom stereocenters. The minimum absolute atomic E-state index is 0.0612. The molecule has 0 saturated heterocycles. The van der Waals surface area contributed by atoms with Gasteiger partial charge in [0.05, 0.1) is 12.1 Å². The summed E-state index contributed by atoms with van der Waals surface area (Å²) in [7, 11) is 0. The molecule has 3 rings (SSSR count). The maximum Gasteiger partial charge on any atom is 0.253 e. The van der Waals surface area contributed by atoms with Gasteiger partial charge in [0.1, 0.15) is 0 Å². The lowest BCUT2D eigenvalue weighted by Gasteiger charge is -2.25. The standard InChI is InChI=1S/C33H43N3O3/c1-3-21-36(22-4-2)33(39)29-19-11-18-28(24-29)32(38)35-30(23-27-15-9-6-10-16-27)31(37)25-34-20-12-17-26-13-7-5-8-14-26/h5-11,13-16,18-19,24,30-31,34,37H,3-4,12,17,20-23,25H2,1-2H3,(H,35,38)/t30-,31+/m0/s1. The van der Waals surface area contributed by atoms with Crippen molar-refractivity contribution in [1.82, 2.24) is 15.5 Å². The lowest BCUT2D eigenvalue weighted by Crippen LogP contribution is -2.49. The summed E-state index contributed by atoms with van der Waals surface area (Å²) in [5.41, 5.74) is 3.24. The van der Waals surface area contributed by atoms with Crippen LogP contribution in [-0.4, -0.2) is 60.1 Å². The van der Waals surface area contributed by atoms with Crippen molar-refractivity contribution in [2.75, 3.05) is 26.2 Å². The molecule has 0 spiro atoms. The minimum Gasteiger partial charge on any atom is -0.390 e. The van der Waals surface area contributed by atoms with Crippen molar-refractivity contribution in [1.29, 1.82) is 0 Å². The molecule has 208 valence electrons. The molecule has 0 aromatic heterocycles. The van der Waals surface area contributed by atoms with E-state index in [1.54, 1.807) is 24.3 Å². The number of rotatable bonds is 16. The highest BCUT2D eigenvalue weighted by Gasteiger charge is 2.23. The number of hydrogen-bond donors (Lipinski definition) is 3. The molecule has 2 amide bonds. The number of nitrogens with zero attached hydrogens (tertiary/aromatic N) is 1. The first-order valence-electron chi connectivity index (χ1n) is 14.2. The fraction of sp³-hybridized carbons (Fsp3) is 0.394. The van der Waals surface area contributed by atoms with Crippen LogP contribution < -0.4 is 10.6 Å². The highest BCUT2D eigenvalue weighted by molar-refractivity contribution is 5.99. The smallest absolute Gasteiger partial charge is 0.253 e. The topological polar surface area (TPSA) is 81.7 Å². The number of carbonyl (C=O) groups excluding carboxylic acids is 2. The van der Waals surface area contributed by atoms with E-state index in [4.69, 9.17) is 0 Å². The van der Waals surface area contributed by atoms with Gasteiger partial charge < -0.3 is 20.6 Å². The number of aryl methyl sites for hydroxylation is 1. The van der Waals surface area contributed by atoms with E-state index in [0.29, 0.717) is 37.2 Å². The number of amides is 2. The van der Waals surface area contributed by atoms with Gasteiger partial charge in [-0.15, -0.1) is 0 Å². The normalized spacial score (nSPS) is 12.5. The summed E-state index contributed by atoms with van der Waals surface area (Å²) in [6.45, 7) is 6.62. The Bertz CT molecular complexity index is 1130. The predicted molar refractivity (Wildman–Crippen MR) is 158 cm³/mol. The maximum atomic E-state index is 13.3. The number of carbonyl (C=O) groups is 2. The van der Waals surface area contributed by atoms with Gasteiger partial charge in [-0.25, -0.2) is 0 Å². The van der Waals surface area contributed by atoms with Crippen molar-refractivity contribution >= 4 is 11.8 Å². The van der Waals surface area contributed by atoms with Crippen molar-refractivity contribution in [3.63, 3.8) is 0 Å². The van der Waals surface area contributed by atoms with Gasteiger partial charge in [-0.3, -0.25) is 9.59 Å². The molecule has 0 bridgehead atoms. The first kappa shape index (κ1) is 30.1. The molecule has 3 N–H and O–H groups in total. The van der Waals surface area contributed by atoms with Crippen LogP contribution in [-0.2, 0) is 12.8 Å². The molecule has 39 heavy (non-hydrogen) atoms. The Hall–Kier alpha value is -3.48. The highest BCUT2D eigenvalue weighted by Crippen LogP contribution is 2.12. The fourth-order valence-electron chi connectivity index (χ4n) is 4.69. The third kappa shape index (κ3) is 9.97. The van der Waals surface area contributed by atoms with Crippen LogP contribution in [0.2, 0.25) is 0 Å². The molecule has 0 fully saturated rings. The number of aliphatic hydroxyl groups excluding tert-OH is 1. The average molecular weight is 530 g/mol. The maximum absolute atomic E-state index is 13.3. The summed E-state index contributed by atoms with van der Waals surface area (Å²) in [6.07, 6.45) is 3.41. The molecule has 3 aromatic carbocycles. The molecule has 0 saturated carbocycles. The predicted octanol–water partition coefficient (Wildman–Crippen LogP) is 4.87. The molecule has 0 heterocycles. The SMILES string of the molecule is CCCN(CCC)C(=O)c1cccc(C(=O)N[C@@H](Cc2ccccc2)[C@H](O)CNCCCc2ccccc2)c1. The molecule has 6 nitrogen and oxygen atoms in total. The van der Waals surface area contributed by atoms with Gasteiger partial charge >= 0.3 is 0 Å². The second-order valence-electron chi connectivity index (χ2n) is 10.0. The van der Waals surface area contributed by atoms with Crippen LogP contribution in [0.5, 0.6) is 0 Å². The van der Waals surface area contributed by atoms with Crippen LogP contribution in [0.15, 0.2) is 84.9 Å². The molecule has 0 aliphatic heterocycles. The van der Waals surface area contributed by atoms with Gasteiger partial charge in [-0.05, 0) is 68.0 Å². The average Bonchev–Trinajstić information content (AvgIpc) is 2.97. The lowest BCUT2D eigenvalue weighted by atomic mass is 10.00. The summed E-state index contributed by atoms with van der Waals surface area (Å²) in [4.78, 5) is 28.2. The number of nitrogens with one attached hydrogen (secondary N) is 2. The molecular formula is C33H43N3O3. The first-order chi connectivity index (χ1) is 19.0. The van der Waals surface area contributed by atoms with Gasteiger partial charge in [0.2, 0.25) is 0 Å². The van der Waals surface area contributed by atoms with Crippen molar-refractivity contribution in [3.05, 3.63) is 107 Å². The van der Waals surface area contributed by atoms with E-state index in [-0.39, 0.29) is 11.8 Å². The Kier molecular flexibility index (Phi) is 12.7. The van der Waals surface area contributed by atoms with Crippen LogP contribution in [0.1, 0.15) is 65.0 Å². The Balaban J connectivity index is 1.64. The van der Waals surface area contributed by atoms with Gasteiger partial charge in [0.15, 0.2) is 0 Å². The Labute approximate surface area is 233 Å². The zero-order valence-corrected chi connectivity index (χ0v) is 23.3. The second kappa shape index (κ2) is 16.5. The number of aliphatic hydroxyl groups is 1. The number of benzene rings is 3. The van der Waals surface area contributed by atoms with E-state index in [9.17, 15) is 14.7 Å². The highest BCUT2D eigenvalue weighted by atomic mass is 16.3. The minimum atomic E-state index is -0.778. The third-order valence-corrected chi connectivity index (χ3v) is 6.74. The molecule has 0 aliphatic carbocycles. The molecule has 0 radical (unpaired) electrons. The van der Waals surface area contributed by atoms with Gasteiger partial charge in [0, 0.05) is 30.8 Å². The fourth-order valence-corrected chi connectivity index (χ4v) is 4.69. The van der Waals surface area contributed by atoms with Crippen LogP contribution in [0.4, 0.5) is 0 Å². The van der Waals surface area contributed by atoms with Crippen LogP contribution >= 0.6 is 0 Å². The Morgan fingerprint density at radius 2 is 1.44 bits per heavy atom. The van der Waals surface area contributed by atoms with Crippen molar-refractivity contribution in [2.24, 2.45) is 0 Å². The quantitative estimate of drug-likeness (QED) is 0.231. The summed E-state index contributed by atoms with van der Waals surface area (Å²) in [5.74, 6) is -0.361. The summed E-state index contributed by atoms with van der Waals surface area (Å²) in [6, 6.07) is 26.6. The lowest BCUT2D eigenvalue weighted by molar-refractivity contribution is 0.0755.